The summed E-state index contributed by atoms with van der Waals surface area (Å²) in [6.45, 7) is 3.78. The van der Waals surface area contributed by atoms with Gasteiger partial charge in [-0.05, 0) is 61.4 Å². The fraction of sp³-hybridized carbons (Fsp3) is 0.138. The largest absolute Gasteiger partial charge is 0.353 e. The topological polar surface area (TPSA) is 82.0 Å². The molecule has 36 heavy (non-hydrogen) atoms. The Kier molecular flexibility index (Phi) is 7.94. The van der Waals surface area contributed by atoms with E-state index >= 15 is 0 Å². The normalized spacial score (nSPS) is 15.2. The van der Waals surface area contributed by atoms with Crippen LogP contribution in [0.15, 0.2) is 101 Å². The summed E-state index contributed by atoms with van der Waals surface area (Å²) in [7, 11) is 0. The van der Waals surface area contributed by atoms with Crippen LogP contribution in [0.3, 0.4) is 0 Å². The summed E-state index contributed by atoms with van der Waals surface area (Å²) in [5.41, 5.74) is 4.57. The zero-order valence-electron chi connectivity index (χ0n) is 19.8. The molecule has 1 atom stereocenters. The van der Waals surface area contributed by atoms with Gasteiger partial charge in [-0.1, -0.05) is 65.8 Å². The molecule has 1 unspecified atom stereocenters. The Morgan fingerprint density at radius 1 is 1.00 bits per heavy atom. The van der Waals surface area contributed by atoms with E-state index in [1.807, 2.05) is 68.4 Å². The second kappa shape index (κ2) is 11.3. The summed E-state index contributed by atoms with van der Waals surface area (Å²) in [5, 5.41) is 17.6. The lowest BCUT2D eigenvalue weighted by molar-refractivity contribution is -0.113. The summed E-state index contributed by atoms with van der Waals surface area (Å²) in [4.78, 5) is 26.3. The lowest BCUT2D eigenvalue weighted by atomic mass is 9.80. The first-order valence-corrected chi connectivity index (χ1v) is 12.7. The van der Waals surface area contributed by atoms with Crippen LogP contribution in [0.2, 0.25) is 5.02 Å². The molecule has 0 bridgehead atoms. The molecule has 0 aliphatic carbocycles. The standard InChI is InChI=1S/C29H24ClN3O2S/c1-18-8-6-7-11-23(18)27-24(16-31)29(36-17-25(34)20-12-14-21(30)15-13-20)32-19(2)26(27)28(35)33-22-9-4-3-5-10-22/h3-15,27,32H,17H2,1-2H3,(H,33,35). The van der Waals surface area contributed by atoms with Crippen molar-refractivity contribution in [3.63, 3.8) is 0 Å². The van der Waals surface area contributed by atoms with Crippen molar-refractivity contribution in [1.29, 1.82) is 5.26 Å². The number of aryl methyl sites for hydroxylation is 1. The SMILES string of the molecule is CC1=C(C(=O)Nc2ccccc2)C(c2ccccc2C)C(C#N)=C(SCC(=O)c2ccc(Cl)cc2)N1. The Hall–Kier alpha value is -3.79. The number of Topliss-reactive ketones (excluding diaryl/α,β-unsaturated/α-hetero) is 1. The molecular formula is C29H24ClN3O2S. The third-order valence-electron chi connectivity index (χ3n) is 5.94. The highest BCUT2D eigenvalue weighted by Gasteiger charge is 2.35. The molecule has 2 N–H and O–H groups in total. The average Bonchev–Trinajstić information content (AvgIpc) is 2.88. The molecule has 4 rings (SSSR count). The van der Waals surface area contributed by atoms with Gasteiger partial charge in [-0.2, -0.15) is 5.26 Å². The van der Waals surface area contributed by atoms with Crippen LogP contribution in [0, 0.1) is 18.3 Å². The minimum absolute atomic E-state index is 0.0788. The average molecular weight is 514 g/mol. The second-order valence-corrected chi connectivity index (χ2v) is 9.77. The van der Waals surface area contributed by atoms with Crippen molar-refractivity contribution in [2.24, 2.45) is 0 Å². The summed E-state index contributed by atoms with van der Waals surface area (Å²) in [6.07, 6.45) is 0. The molecule has 7 heteroatoms. The third-order valence-corrected chi connectivity index (χ3v) is 7.21. The predicted octanol–water partition coefficient (Wildman–Crippen LogP) is 6.60. The fourth-order valence-electron chi connectivity index (χ4n) is 4.13. The smallest absolute Gasteiger partial charge is 0.254 e. The molecule has 0 radical (unpaired) electrons. The first-order chi connectivity index (χ1) is 17.4. The summed E-state index contributed by atoms with van der Waals surface area (Å²) in [6, 6.07) is 26.0. The predicted molar refractivity (Wildman–Crippen MR) is 146 cm³/mol. The van der Waals surface area contributed by atoms with Gasteiger partial charge in [-0.25, -0.2) is 0 Å². The van der Waals surface area contributed by atoms with Gasteiger partial charge in [0.15, 0.2) is 5.78 Å². The van der Waals surface area contributed by atoms with Crippen LogP contribution >= 0.6 is 23.4 Å². The fourth-order valence-corrected chi connectivity index (χ4v) is 5.24. The molecule has 0 spiro atoms. The molecule has 5 nitrogen and oxygen atoms in total. The Labute approximate surface area is 219 Å². The number of halogens is 1. The number of para-hydroxylation sites is 1. The van der Waals surface area contributed by atoms with Crippen LogP contribution in [0.4, 0.5) is 5.69 Å². The first kappa shape index (κ1) is 25.3. The lowest BCUT2D eigenvalue weighted by Gasteiger charge is -2.30. The molecule has 0 aromatic heterocycles. The Morgan fingerprint density at radius 2 is 1.67 bits per heavy atom. The van der Waals surface area contributed by atoms with Gasteiger partial charge in [0, 0.05) is 27.5 Å². The summed E-state index contributed by atoms with van der Waals surface area (Å²) < 4.78 is 0. The highest BCUT2D eigenvalue weighted by molar-refractivity contribution is 8.03. The lowest BCUT2D eigenvalue weighted by Crippen LogP contribution is -2.31. The Balaban J connectivity index is 1.69. The molecule has 3 aromatic carbocycles. The molecule has 1 amide bonds. The van der Waals surface area contributed by atoms with Crippen LogP contribution in [0.25, 0.3) is 0 Å². The number of hydrogen-bond donors (Lipinski definition) is 2. The highest BCUT2D eigenvalue weighted by Crippen LogP contribution is 2.42. The van der Waals surface area contributed by atoms with Gasteiger partial charge in [-0.3, -0.25) is 9.59 Å². The van der Waals surface area contributed by atoms with Crippen molar-refractivity contribution >= 4 is 40.7 Å². The molecule has 3 aromatic rings. The number of benzene rings is 3. The van der Waals surface area contributed by atoms with Gasteiger partial charge in [0.1, 0.15) is 0 Å². The molecule has 180 valence electrons. The number of thioether (sulfide) groups is 1. The molecule has 0 saturated heterocycles. The number of nitrogens with one attached hydrogen (secondary N) is 2. The first-order valence-electron chi connectivity index (χ1n) is 11.3. The van der Waals surface area contributed by atoms with Gasteiger partial charge in [-0.15, -0.1) is 0 Å². The maximum absolute atomic E-state index is 13.5. The van der Waals surface area contributed by atoms with Crippen LogP contribution in [-0.2, 0) is 4.79 Å². The van der Waals surface area contributed by atoms with E-state index in [0.29, 0.717) is 38.1 Å². The van der Waals surface area contributed by atoms with Crippen molar-refractivity contribution in [2.45, 2.75) is 19.8 Å². The Morgan fingerprint density at radius 3 is 2.33 bits per heavy atom. The molecule has 1 aliphatic rings. The minimum Gasteiger partial charge on any atom is -0.353 e. The number of nitriles is 1. The van der Waals surface area contributed by atoms with Gasteiger partial charge in [0.2, 0.25) is 0 Å². The maximum Gasteiger partial charge on any atom is 0.254 e. The van der Waals surface area contributed by atoms with Crippen molar-refractivity contribution < 1.29 is 9.59 Å². The van der Waals surface area contributed by atoms with E-state index in [1.165, 1.54) is 11.8 Å². The van der Waals surface area contributed by atoms with Crippen molar-refractivity contribution in [2.75, 3.05) is 11.1 Å². The Bertz CT molecular complexity index is 1410. The zero-order valence-corrected chi connectivity index (χ0v) is 21.4. The number of carbonyl (C=O) groups excluding carboxylic acids is 2. The highest BCUT2D eigenvalue weighted by atomic mass is 35.5. The van der Waals surface area contributed by atoms with E-state index in [4.69, 9.17) is 11.6 Å². The number of nitrogens with zero attached hydrogens (tertiary/aromatic N) is 1. The number of amides is 1. The number of carbonyl (C=O) groups is 2. The number of ketones is 1. The van der Waals surface area contributed by atoms with E-state index in [-0.39, 0.29) is 17.4 Å². The number of rotatable bonds is 7. The monoisotopic (exact) mass is 513 g/mol. The number of anilines is 1. The van der Waals surface area contributed by atoms with E-state index < -0.39 is 5.92 Å². The van der Waals surface area contributed by atoms with Crippen molar-refractivity contribution in [3.8, 4) is 6.07 Å². The van der Waals surface area contributed by atoms with Gasteiger partial charge in [0.05, 0.1) is 28.3 Å². The number of allylic oxidation sites excluding steroid dienone is 2. The van der Waals surface area contributed by atoms with Crippen LogP contribution < -0.4 is 10.6 Å². The van der Waals surface area contributed by atoms with E-state index in [9.17, 15) is 14.9 Å². The van der Waals surface area contributed by atoms with E-state index in [2.05, 4.69) is 16.7 Å². The quantitative estimate of drug-likeness (QED) is 0.348. The van der Waals surface area contributed by atoms with Gasteiger partial charge in [0.25, 0.3) is 5.91 Å². The van der Waals surface area contributed by atoms with E-state index in [0.717, 1.165) is 11.1 Å². The molecule has 0 fully saturated rings. The van der Waals surface area contributed by atoms with Gasteiger partial charge < -0.3 is 10.6 Å². The minimum atomic E-state index is -0.575. The molecule has 1 heterocycles. The second-order valence-electron chi connectivity index (χ2n) is 8.35. The zero-order chi connectivity index (χ0) is 25.7. The third kappa shape index (κ3) is 5.54. The van der Waals surface area contributed by atoms with Crippen molar-refractivity contribution in [1.82, 2.24) is 5.32 Å². The van der Waals surface area contributed by atoms with Crippen LogP contribution in [0.5, 0.6) is 0 Å². The maximum atomic E-state index is 13.5. The van der Waals surface area contributed by atoms with Gasteiger partial charge >= 0.3 is 0 Å². The van der Waals surface area contributed by atoms with Crippen molar-refractivity contribution in [3.05, 3.63) is 122 Å². The van der Waals surface area contributed by atoms with E-state index in [1.54, 1.807) is 24.3 Å². The summed E-state index contributed by atoms with van der Waals surface area (Å²) >= 11 is 7.20. The van der Waals surface area contributed by atoms with Crippen LogP contribution in [-0.4, -0.2) is 17.4 Å². The molecule has 1 aliphatic heterocycles. The number of dihydropyridines is 1. The molecule has 0 saturated carbocycles. The molecular weight excluding hydrogens is 490 g/mol. The van der Waals surface area contributed by atoms with Crippen LogP contribution in [0.1, 0.15) is 34.3 Å². The summed E-state index contributed by atoms with van der Waals surface area (Å²) in [5.74, 6) is -0.804. The number of hydrogen-bond acceptors (Lipinski definition) is 5.